The van der Waals surface area contributed by atoms with Crippen LogP contribution >= 0.6 is 0 Å². The number of nitrogens with one attached hydrogen (secondary N) is 2. The molecule has 15 heteroatoms. The van der Waals surface area contributed by atoms with Crippen molar-refractivity contribution >= 4 is 35.2 Å². The number of carbonyl (C=O) groups is 1. The van der Waals surface area contributed by atoms with Gasteiger partial charge in [0.1, 0.15) is 17.5 Å². The molecule has 0 aliphatic heterocycles. The van der Waals surface area contributed by atoms with Gasteiger partial charge in [0.25, 0.3) is 0 Å². The van der Waals surface area contributed by atoms with Gasteiger partial charge in [-0.15, -0.1) is 0 Å². The molecule has 1 heterocycles. The summed E-state index contributed by atoms with van der Waals surface area (Å²) in [5, 5.41) is 10.1. The molecule has 0 spiro atoms. The SMILES string of the molecule is CN(C(=O)Oc1c(/C(C=N)=C/Nc2cnc(N)cn2)cc(C(F)(F)F)cc1C(F)(F)F)c1ccc(F)cc1. The van der Waals surface area contributed by atoms with E-state index in [-0.39, 0.29) is 23.4 Å². The molecule has 0 atom stereocenters. The summed E-state index contributed by atoms with van der Waals surface area (Å²) in [7, 11) is 1.10. The first-order chi connectivity index (χ1) is 17.7. The summed E-state index contributed by atoms with van der Waals surface area (Å²) in [6.07, 6.45) is -8.46. The van der Waals surface area contributed by atoms with Crippen molar-refractivity contribution in [2.75, 3.05) is 23.0 Å². The average Bonchev–Trinajstić information content (AvgIpc) is 2.84. The number of benzene rings is 2. The van der Waals surface area contributed by atoms with Crippen LogP contribution in [0.25, 0.3) is 5.57 Å². The van der Waals surface area contributed by atoms with Crippen molar-refractivity contribution in [2.24, 2.45) is 0 Å². The zero-order chi connectivity index (χ0) is 28.3. The van der Waals surface area contributed by atoms with E-state index in [1.165, 1.54) is 0 Å². The monoisotopic (exact) mass is 542 g/mol. The normalized spacial score (nSPS) is 12.2. The standard InChI is InChI=1S/C23H17F7N6O2/c1-36(15-4-2-14(24)3-5-15)21(37)38-20-16(6-13(22(25,26)27)7-17(20)23(28,29)30)12(8-31)9-34-19-11-33-18(32)10-35-19/h2-11,31H,1H3,(H2,32,33)(H,34,35)/b12-9+,31-8?. The highest BCUT2D eigenvalue weighted by molar-refractivity contribution is 6.10. The number of allylic oxidation sites excluding steroid dienone is 1. The summed E-state index contributed by atoms with van der Waals surface area (Å²) in [5.41, 5.74) is 0.409. The molecule has 38 heavy (non-hydrogen) atoms. The number of hydrogen-bond acceptors (Lipinski definition) is 7. The highest BCUT2D eigenvalue weighted by atomic mass is 19.4. The van der Waals surface area contributed by atoms with Crippen LogP contribution in [-0.2, 0) is 12.4 Å². The van der Waals surface area contributed by atoms with E-state index in [9.17, 15) is 35.5 Å². The Morgan fingerprint density at radius 3 is 2.24 bits per heavy atom. The molecule has 0 aliphatic rings. The van der Waals surface area contributed by atoms with E-state index in [2.05, 4.69) is 15.3 Å². The maximum atomic E-state index is 13.9. The number of anilines is 3. The van der Waals surface area contributed by atoms with Crippen LogP contribution in [0.3, 0.4) is 0 Å². The minimum atomic E-state index is -5.40. The van der Waals surface area contributed by atoms with Gasteiger partial charge in [-0.25, -0.2) is 19.2 Å². The number of nitrogens with two attached hydrogens (primary N) is 1. The maximum absolute atomic E-state index is 13.9. The van der Waals surface area contributed by atoms with Gasteiger partial charge in [0, 0.05) is 36.3 Å². The van der Waals surface area contributed by atoms with Gasteiger partial charge in [0.15, 0.2) is 5.75 Å². The number of nitrogen functional groups attached to an aromatic ring is 1. The van der Waals surface area contributed by atoms with E-state index >= 15 is 0 Å². The van der Waals surface area contributed by atoms with Gasteiger partial charge in [-0.1, -0.05) is 0 Å². The first-order valence-corrected chi connectivity index (χ1v) is 10.3. The lowest BCUT2D eigenvalue weighted by Crippen LogP contribution is -2.30. The minimum Gasteiger partial charge on any atom is -0.409 e. The molecule has 0 radical (unpaired) electrons. The molecule has 1 aromatic heterocycles. The third kappa shape index (κ3) is 6.54. The third-order valence-electron chi connectivity index (χ3n) is 4.91. The zero-order valence-corrected chi connectivity index (χ0v) is 19.2. The van der Waals surface area contributed by atoms with Crippen LogP contribution in [0.1, 0.15) is 16.7 Å². The Kier molecular flexibility index (Phi) is 7.88. The van der Waals surface area contributed by atoms with Gasteiger partial charge in [-0.05, 0) is 36.4 Å². The Hall–Kier alpha value is -4.69. The molecule has 1 amide bonds. The molecule has 3 aromatic rings. The lowest BCUT2D eigenvalue weighted by molar-refractivity contribution is -0.143. The van der Waals surface area contributed by atoms with Crippen LogP contribution in [0.15, 0.2) is 55.0 Å². The highest BCUT2D eigenvalue weighted by Gasteiger charge is 2.41. The second-order valence-electron chi connectivity index (χ2n) is 7.51. The summed E-state index contributed by atoms with van der Waals surface area (Å²) in [4.78, 5) is 21.0. The summed E-state index contributed by atoms with van der Waals surface area (Å²) in [5.74, 6) is -1.90. The third-order valence-corrected chi connectivity index (χ3v) is 4.91. The lowest BCUT2D eigenvalue weighted by Gasteiger charge is -2.22. The quantitative estimate of drug-likeness (QED) is 0.261. The molecule has 2 aromatic carbocycles. The van der Waals surface area contributed by atoms with Gasteiger partial charge >= 0.3 is 18.4 Å². The number of hydrogen-bond donors (Lipinski definition) is 3. The van der Waals surface area contributed by atoms with Gasteiger partial charge in [0.05, 0.1) is 23.5 Å². The smallest absolute Gasteiger partial charge is 0.409 e. The number of ether oxygens (including phenoxy) is 1. The Morgan fingerprint density at radius 1 is 1.05 bits per heavy atom. The first kappa shape index (κ1) is 27.9. The van der Waals surface area contributed by atoms with Crippen LogP contribution in [-0.4, -0.2) is 29.3 Å². The van der Waals surface area contributed by atoms with Crippen molar-refractivity contribution in [2.45, 2.75) is 12.4 Å². The molecule has 0 saturated carbocycles. The van der Waals surface area contributed by atoms with Crippen molar-refractivity contribution in [1.29, 1.82) is 5.41 Å². The molecular formula is C23H17F7N6O2. The number of alkyl halides is 6. The molecule has 0 saturated heterocycles. The number of aromatic nitrogens is 2. The summed E-state index contributed by atoms with van der Waals surface area (Å²) in [6.45, 7) is 0. The van der Waals surface area contributed by atoms with Crippen LogP contribution in [0, 0.1) is 11.2 Å². The Morgan fingerprint density at radius 2 is 1.71 bits per heavy atom. The lowest BCUT2D eigenvalue weighted by atomic mass is 9.98. The Labute approximate surface area is 210 Å². The fraction of sp³-hybridized carbons (Fsp3) is 0.130. The van der Waals surface area contributed by atoms with E-state index in [0.29, 0.717) is 12.3 Å². The van der Waals surface area contributed by atoms with E-state index in [1.807, 2.05) is 0 Å². The molecule has 3 rings (SSSR count). The summed E-state index contributed by atoms with van der Waals surface area (Å²) in [6, 6.07) is 4.33. The van der Waals surface area contributed by atoms with E-state index in [1.54, 1.807) is 0 Å². The number of carbonyl (C=O) groups excluding carboxylic acids is 1. The van der Waals surface area contributed by atoms with Crippen molar-refractivity contribution < 1.29 is 40.3 Å². The molecule has 0 unspecified atom stereocenters. The predicted octanol–water partition coefficient (Wildman–Crippen LogP) is 5.97. The molecule has 0 aliphatic carbocycles. The van der Waals surface area contributed by atoms with Crippen molar-refractivity contribution in [3.05, 3.63) is 77.5 Å². The van der Waals surface area contributed by atoms with Crippen LogP contribution in [0.4, 0.5) is 52.9 Å². The fourth-order valence-corrected chi connectivity index (χ4v) is 3.01. The number of rotatable bonds is 6. The topological polar surface area (TPSA) is 117 Å². The molecule has 0 fully saturated rings. The van der Waals surface area contributed by atoms with E-state index < -0.39 is 52.3 Å². The zero-order valence-electron chi connectivity index (χ0n) is 19.2. The summed E-state index contributed by atoms with van der Waals surface area (Å²) < 4.78 is 101. The van der Waals surface area contributed by atoms with E-state index in [4.69, 9.17) is 15.9 Å². The molecule has 200 valence electrons. The van der Waals surface area contributed by atoms with Gasteiger partial charge in [0.2, 0.25) is 0 Å². The van der Waals surface area contributed by atoms with Gasteiger partial charge in [-0.2, -0.15) is 26.3 Å². The molecule has 0 bridgehead atoms. The van der Waals surface area contributed by atoms with Crippen molar-refractivity contribution in [3.8, 4) is 5.75 Å². The Bertz CT molecular complexity index is 1350. The largest absolute Gasteiger partial charge is 0.420 e. The van der Waals surface area contributed by atoms with Crippen LogP contribution in [0.5, 0.6) is 5.75 Å². The highest BCUT2D eigenvalue weighted by Crippen LogP contribution is 2.44. The number of halogens is 7. The Balaban J connectivity index is 2.16. The number of nitrogens with zero attached hydrogens (tertiary/aromatic N) is 3. The van der Waals surface area contributed by atoms with Crippen molar-refractivity contribution in [3.63, 3.8) is 0 Å². The van der Waals surface area contributed by atoms with Gasteiger partial charge in [-0.3, -0.25) is 4.90 Å². The molecule has 4 N–H and O–H groups in total. The average molecular weight is 542 g/mol. The first-order valence-electron chi connectivity index (χ1n) is 10.3. The minimum absolute atomic E-state index is 0.00356. The predicted molar refractivity (Wildman–Crippen MR) is 124 cm³/mol. The second kappa shape index (κ2) is 10.7. The maximum Gasteiger partial charge on any atom is 0.420 e. The summed E-state index contributed by atoms with van der Waals surface area (Å²) >= 11 is 0. The van der Waals surface area contributed by atoms with Gasteiger partial charge < -0.3 is 21.2 Å². The number of amides is 1. The van der Waals surface area contributed by atoms with Crippen molar-refractivity contribution in [1.82, 2.24) is 9.97 Å². The van der Waals surface area contributed by atoms with Crippen LogP contribution < -0.4 is 20.7 Å². The second-order valence-corrected chi connectivity index (χ2v) is 7.51. The fourth-order valence-electron chi connectivity index (χ4n) is 3.01. The van der Waals surface area contributed by atoms with E-state index in [0.717, 1.165) is 54.8 Å². The molecular weight excluding hydrogens is 525 g/mol. The molecule has 8 nitrogen and oxygen atoms in total. The van der Waals surface area contributed by atoms with Crippen LogP contribution in [0.2, 0.25) is 0 Å².